The number of hydrogen-bond acceptors (Lipinski definition) is 4. The molecule has 0 bridgehead atoms. The van der Waals surface area contributed by atoms with Gasteiger partial charge in [-0.25, -0.2) is 8.42 Å². The van der Waals surface area contributed by atoms with Gasteiger partial charge < -0.3 is 9.47 Å². The van der Waals surface area contributed by atoms with E-state index in [0.717, 1.165) is 0 Å². The molecule has 2 aromatic rings. The Labute approximate surface area is 198 Å². The fourth-order valence-corrected chi connectivity index (χ4v) is 5.93. The van der Waals surface area contributed by atoms with E-state index in [2.05, 4.69) is 11.8 Å². The molecule has 2 atom stereocenters. The van der Waals surface area contributed by atoms with Crippen molar-refractivity contribution in [3.63, 3.8) is 0 Å². The van der Waals surface area contributed by atoms with Crippen molar-refractivity contribution >= 4 is 15.9 Å². The highest BCUT2D eigenvalue weighted by Gasteiger charge is 2.79. The summed E-state index contributed by atoms with van der Waals surface area (Å²) >= 11 is 0. The highest BCUT2D eigenvalue weighted by atomic mass is 32.2. The number of alkyl halides is 3. The van der Waals surface area contributed by atoms with Crippen molar-refractivity contribution in [3.8, 4) is 11.8 Å². The lowest BCUT2D eigenvalue weighted by atomic mass is 9.88. The van der Waals surface area contributed by atoms with Crippen LogP contribution in [-0.4, -0.2) is 38.3 Å². The van der Waals surface area contributed by atoms with E-state index in [4.69, 9.17) is 9.47 Å². The highest BCUT2D eigenvalue weighted by Crippen LogP contribution is 2.56. The van der Waals surface area contributed by atoms with Gasteiger partial charge >= 0.3 is 12.0 Å². The summed E-state index contributed by atoms with van der Waals surface area (Å²) in [6.07, 6.45) is -3.83. The van der Waals surface area contributed by atoms with Crippen LogP contribution in [0.5, 0.6) is 0 Å². The largest absolute Gasteiger partial charge is 0.446 e. The molecular formula is C26H27F3O4S. The van der Waals surface area contributed by atoms with E-state index in [9.17, 15) is 21.6 Å². The lowest BCUT2D eigenvalue weighted by Gasteiger charge is -2.41. The van der Waals surface area contributed by atoms with Gasteiger partial charge in [-0.15, -0.1) is 0 Å². The third-order valence-corrected chi connectivity index (χ3v) is 7.61. The lowest BCUT2D eigenvalue weighted by molar-refractivity contribution is -0.369. The second kappa shape index (κ2) is 9.21. The third-order valence-electron chi connectivity index (χ3n) is 5.28. The summed E-state index contributed by atoms with van der Waals surface area (Å²) in [7, 11) is -4.82. The van der Waals surface area contributed by atoms with Gasteiger partial charge in [0.15, 0.2) is 0 Å². The first-order valence-corrected chi connectivity index (χ1v) is 12.2. The Kier molecular flexibility index (Phi) is 7.05. The van der Waals surface area contributed by atoms with Gasteiger partial charge in [-0.3, -0.25) is 0 Å². The van der Waals surface area contributed by atoms with Crippen LogP contribution in [0.1, 0.15) is 33.3 Å². The quantitative estimate of drug-likeness (QED) is 0.506. The molecule has 1 aliphatic heterocycles. The summed E-state index contributed by atoms with van der Waals surface area (Å²) in [6, 6.07) is 15.5. The minimum atomic E-state index is -5.22. The average Bonchev–Trinajstić information content (AvgIpc) is 3.09. The van der Waals surface area contributed by atoms with Crippen LogP contribution in [0, 0.1) is 17.3 Å². The highest BCUT2D eigenvalue weighted by molar-refractivity contribution is 7.93. The van der Waals surface area contributed by atoms with Crippen LogP contribution in [0.4, 0.5) is 13.2 Å². The zero-order valence-corrected chi connectivity index (χ0v) is 20.3. The molecule has 1 saturated heterocycles. The standard InChI is InChI=1S/C26H27F3O4S/c1-5-32-25(26(27,28)29)24(17-16-23(2,3)4,34(30,31)22-14-10-7-11-15-22)21(19-33-25)18-20-12-8-6-9-13-20/h6-15,18H,5,19H2,1-4H3/b21-18-/t24-,25+/m1/s1. The summed E-state index contributed by atoms with van der Waals surface area (Å²) in [6.45, 7) is 5.35. The number of hydrogen-bond donors (Lipinski definition) is 0. The topological polar surface area (TPSA) is 52.6 Å². The van der Waals surface area contributed by atoms with E-state index in [1.165, 1.54) is 37.3 Å². The maximum atomic E-state index is 14.9. The van der Waals surface area contributed by atoms with Gasteiger partial charge in [-0.05, 0) is 51.0 Å². The SMILES string of the molecule is CCO[C@]1(C(F)(F)F)OC/C(=C/c2ccccc2)[C@@]1(C#CC(C)(C)C)S(=O)(=O)c1ccccc1. The number of rotatable bonds is 5. The van der Waals surface area contributed by atoms with E-state index < -0.39 is 45.2 Å². The Balaban J connectivity index is 2.52. The molecule has 34 heavy (non-hydrogen) atoms. The van der Waals surface area contributed by atoms with E-state index in [-0.39, 0.29) is 10.5 Å². The van der Waals surface area contributed by atoms with E-state index >= 15 is 0 Å². The van der Waals surface area contributed by atoms with Gasteiger partial charge in [0.25, 0.3) is 0 Å². The number of halogens is 3. The van der Waals surface area contributed by atoms with E-state index in [1.54, 1.807) is 57.2 Å². The minimum Gasteiger partial charge on any atom is -0.341 e. The Morgan fingerprint density at radius 1 is 1.03 bits per heavy atom. The molecule has 4 nitrogen and oxygen atoms in total. The molecule has 0 aliphatic carbocycles. The van der Waals surface area contributed by atoms with Crippen molar-refractivity contribution in [2.24, 2.45) is 5.41 Å². The molecule has 0 radical (unpaired) electrons. The lowest BCUT2D eigenvalue weighted by Crippen LogP contribution is -2.65. The molecule has 0 N–H and O–H groups in total. The predicted molar refractivity (Wildman–Crippen MR) is 124 cm³/mol. The first-order valence-electron chi connectivity index (χ1n) is 10.8. The molecular weight excluding hydrogens is 465 g/mol. The number of ether oxygens (including phenoxy) is 2. The monoisotopic (exact) mass is 492 g/mol. The molecule has 1 heterocycles. The van der Waals surface area contributed by atoms with E-state index in [1.807, 2.05) is 0 Å². The Morgan fingerprint density at radius 2 is 1.59 bits per heavy atom. The maximum Gasteiger partial charge on any atom is 0.446 e. The van der Waals surface area contributed by atoms with Crippen LogP contribution < -0.4 is 0 Å². The Hall–Kier alpha value is -2.60. The molecule has 3 rings (SSSR count). The summed E-state index contributed by atoms with van der Waals surface area (Å²) < 4.78 is 80.7. The van der Waals surface area contributed by atoms with Crippen LogP contribution in [0.3, 0.4) is 0 Å². The van der Waals surface area contributed by atoms with Crippen LogP contribution in [0.15, 0.2) is 71.1 Å². The summed E-state index contributed by atoms with van der Waals surface area (Å²) in [4.78, 5) is -0.309. The van der Waals surface area contributed by atoms with Gasteiger partial charge in [0.1, 0.15) is 0 Å². The van der Waals surface area contributed by atoms with Crippen molar-refractivity contribution in [3.05, 3.63) is 71.8 Å². The van der Waals surface area contributed by atoms with Crippen LogP contribution in [-0.2, 0) is 19.3 Å². The zero-order valence-electron chi connectivity index (χ0n) is 19.4. The van der Waals surface area contributed by atoms with Gasteiger partial charge in [0.2, 0.25) is 14.6 Å². The van der Waals surface area contributed by atoms with Gasteiger partial charge in [-0.2, -0.15) is 13.2 Å². The van der Waals surface area contributed by atoms with Gasteiger partial charge in [-0.1, -0.05) is 66.4 Å². The second-order valence-corrected chi connectivity index (χ2v) is 11.0. The molecule has 0 saturated carbocycles. The maximum absolute atomic E-state index is 14.9. The van der Waals surface area contributed by atoms with Crippen LogP contribution in [0.25, 0.3) is 6.08 Å². The predicted octanol–water partition coefficient (Wildman–Crippen LogP) is 5.66. The second-order valence-electron chi connectivity index (χ2n) is 8.91. The third kappa shape index (κ3) is 4.40. The average molecular weight is 493 g/mol. The molecule has 0 unspecified atom stereocenters. The Morgan fingerprint density at radius 3 is 2.09 bits per heavy atom. The van der Waals surface area contributed by atoms with Gasteiger partial charge in [0.05, 0.1) is 11.5 Å². The normalized spacial score (nSPS) is 24.6. The molecule has 1 aliphatic rings. The molecule has 2 aromatic carbocycles. The van der Waals surface area contributed by atoms with E-state index in [0.29, 0.717) is 5.56 Å². The molecule has 1 fully saturated rings. The van der Waals surface area contributed by atoms with Crippen molar-refractivity contribution in [2.75, 3.05) is 13.2 Å². The molecule has 8 heteroatoms. The fourth-order valence-electron chi connectivity index (χ4n) is 3.83. The Bertz CT molecular complexity index is 1200. The van der Waals surface area contributed by atoms with Gasteiger partial charge in [0, 0.05) is 12.0 Å². The molecule has 0 spiro atoms. The molecule has 0 aromatic heterocycles. The van der Waals surface area contributed by atoms with Crippen molar-refractivity contribution in [1.82, 2.24) is 0 Å². The van der Waals surface area contributed by atoms with Crippen molar-refractivity contribution in [1.29, 1.82) is 0 Å². The minimum absolute atomic E-state index is 0.148. The van der Waals surface area contributed by atoms with Crippen LogP contribution in [0.2, 0.25) is 0 Å². The van der Waals surface area contributed by atoms with Crippen LogP contribution >= 0.6 is 0 Å². The number of sulfone groups is 1. The molecule has 182 valence electrons. The van der Waals surface area contributed by atoms with Crippen molar-refractivity contribution in [2.45, 2.75) is 49.3 Å². The summed E-state index contributed by atoms with van der Waals surface area (Å²) in [5.74, 6) is 1.78. The zero-order chi connectivity index (χ0) is 25.3. The first kappa shape index (κ1) is 26.0. The summed E-state index contributed by atoms with van der Waals surface area (Å²) in [5, 5.41) is 0. The summed E-state index contributed by atoms with van der Waals surface area (Å²) in [5.41, 5.74) is -0.436. The molecule has 0 amide bonds. The smallest absolute Gasteiger partial charge is 0.341 e. The van der Waals surface area contributed by atoms with Crippen molar-refractivity contribution < 1.29 is 31.1 Å². The fraction of sp³-hybridized carbons (Fsp3) is 0.385. The number of benzene rings is 2. The first-order chi connectivity index (χ1) is 15.8.